The highest BCUT2D eigenvalue weighted by Gasteiger charge is 2.29. The van der Waals surface area contributed by atoms with E-state index in [9.17, 15) is 18.0 Å². The van der Waals surface area contributed by atoms with E-state index in [4.69, 9.17) is 5.73 Å². The minimum absolute atomic E-state index is 0.0705. The van der Waals surface area contributed by atoms with Crippen molar-refractivity contribution in [3.8, 4) is 11.1 Å². The van der Waals surface area contributed by atoms with Crippen LogP contribution in [0, 0.1) is 5.92 Å². The molecule has 1 unspecified atom stereocenters. The van der Waals surface area contributed by atoms with Gasteiger partial charge in [0.25, 0.3) is 0 Å². The van der Waals surface area contributed by atoms with E-state index in [0.717, 1.165) is 35.5 Å². The SMILES string of the molecule is CC(C)CC(Nc1ccc(-c2ccc(C(F)(F)F)cc2)cc1)c1ccc(C(N)=O)cn1. The standard InChI is InChI=1S/C24H24F3N3O/c1-15(2)13-22(21-12-7-18(14-29-21)23(28)31)30-20-10-5-17(6-11-20)16-3-8-19(9-4-16)24(25,26)27/h3-12,14-15,22,30H,13H2,1-2H3,(H2,28,31). The molecular weight excluding hydrogens is 403 g/mol. The topological polar surface area (TPSA) is 68.0 Å². The second-order valence-electron chi connectivity index (χ2n) is 7.81. The molecule has 162 valence electrons. The van der Waals surface area contributed by atoms with Crippen LogP contribution in [0.3, 0.4) is 0 Å². The van der Waals surface area contributed by atoms with Crippen LogP contribution in [-0.2, 0) is 6.18 Å². The summed E-state index contributed by atoms with van der Waals surface area (Å²) in [5.41, 5.74) is 8.17. The number of anilines is 1. The molecule has 3 rings (SSSR count). The summed E-state index contributed by atoms with van der Waals surface area (Å²) in [6, 6.07) is 16.0. The van der Waals surface area contributed by atoms with Crippen molar-refractivity contribution in [2.75, 3.05) is 5.32 Å². The number of primary amides is 1. The summed E-state index contributed by atoms with van der Waals surface area (Å²) in [5.74, 6) is -0.118. The normalized spacial score (nSPS) is 12.6. The molecule has 1 heterocycles. The maximum atomic E-state index is 12.8. The van der Waals surface area contributed by atoms with Crippen molar-refractivity contribution >= 4 is 11.6 Å². The first-order chi connectivity index (χ1) is 14.6. The second-order valence-corrected chi connectivity index (χ2v) is 7.81. The second kappa shape index (κ2) is 9.20. The van der Waals surface area contributed by atoms with Crippen molar-refractivity contribution in [2.24, 2.45) is 11.7 Å². The molecule has 0 fully saturated rings. The molecule has 0 radical (unpaired) electrons. The van der Waals surface area contributed by atoms with Gasteiger partial charge in [0.05, 0.1) is 22.9 Å². The van der Waals surface area contributed by atoms with Gasteiger partial charge in [-0.2, -0.15) is 13.2 Å². The van der Waals surface area contributed by atoms with E-state index >= 15 is 0 Å². The molecule has 2 aromatic carbocycles. The third-order valence-corrected chi connectivity index (χ3v) is 4.91. The van der Waals surface area contributed by atoms with E-state index in [1.807, 2.05) is 24.3 Å². The van der Waals surface area contributed by atoms with Crippen LogP contribution in [0.25, 0.3) is 11.1 Å². The third kappa shape index (κ3) is 5.84. The number of carbonyl (C=O) groups is 1. The molecule has 0 bridgehead atoms. The van der Waals surface area contributed by atoms with Gasteiger partial charge in [-0.1, -0.05) is 38.1 Å². The lowest BCUT2D eigenvalue weighted by atomic mass is 9.99. The Morgan fingerprint density at radius 3 is 2.00 bits per heavy atom. The van der Waals surface area contributed by atoms with Gasteiger partial charge in [0.1, 0.15) is 0 Å². The van der Waals surface area contributed by atoms with Crippen LogP contribution in [0.4, 0.5) is 18.9 Å². The van der Waals surface area contributed by atoms with Crippen molar-refractivity contribution in [3.63, 3.8) is 0 Å². The predicted octanol–water partition coefficient (Wildman–Crippen LogP) is 6.07. The highest BCUT2D eigenvalue weighted by molar-refractivity contribution is 5.92. The quantitative estimate of drug-likeness (QED) is 0.481. The Morgan fingerprint density at radius 2 is 1.55 bits per heavy atom. The average Bonchev–Trinajstić information content (AvgIpc) is 2.73. The number of amides is 1. The van der Waals surface area contributed by atoms with Gasteiger partial charge in [-0.05, 0) is 59.9 Å². The van der Waals surface area contributed by atoms with Gasteiger partial charge < -0.3 is 11.1 Å². The monoisotopic (exact) mass is 427 g/mol. The number of benzene rings is 2. The molecule has 0 aliphatic heterocycles. The Morgan fingerprint density at radius 1 is 0.968 bits per heavy atom. The van der Waals surface area contributed by atoms with Crippen LogP contribution >= 0.6 is 0 Å². The van der Waals surface area contributed by atoms with Gasteiger partial charge in [-0.15, -0.1) is 0 Å². The molecular formula is C24H24F3N3O. The fourth-order valence-corrected chi connectivity index (χ4v) is 3.29. The smallest absolute Gasteiger partial charge is 0.377 e. The number of hydrogen-bond donors (Lipinski definition) is 2. The number of hydrogen-bond acceptors (Lipinski definition) is 3. The van der Waals surface area contributed by atoms with Crippen LogP contribution < -0.4 is 11.1 Å². The van der Waals surface area contributed by atoms with Gasteiger partial charge >= 0.3 is 6.18 Å². The summed E-state index contributed by atoms with van der Waals surface area (Å²) in [7, 11) is 0. The van der Waals surface area contributed by atoms with Gasteiger partial charge in [-0.3, -0.25) is 9.78 Å². The molecule has 3 aromatic rings. The van der Waals surface area contributed by atoms with Crippen LogP contribution in [0.2, 0.25) is 0 Å². The zero-order valence-corrected chi connectivity index (χ0v) is 17.3. The van der Waals surface area contributed by atoms with Gasteiger partial charge in [0.2, 0.25) is 5.91 Å². The number of nitrogens with two attached hydrogens (primary N) is 1. The first-order valence-corrected chi connectivity index (χ1v) is 9.93. The van der Waals surface area contributed by atoms with Gasteiger partial charge in [0, 0.05) is 11.9 Å². The van der Waals surface area contributed by atoms with Crippen molar-refractivity contribution < 1.29 is 18.0 Å². The number of halogens is 3. The van der Waals surface area contributed by atoms with Crippen LogP contribution in [0.1, 0.15) is 47.9 Å². The Labute approximate surface area is 179 Å². The maximum Gasteiger partial charge on any atom is 0.416 e. The number of nitrogens with one attached hydrogen (secondary N) is 1. The first-order valence-electron chi connectivity index (χ1n) is 9.93. The molecule has 0 saturated carbocycles. The van der Waals surface area contributed by atoms with Crippen molar-refractivity contribution in [1.29, 1.82) is 0 Å². The minimum Gasteiger partial charge on any atom is -0.377 e. The Hall–Kier alpha value is -3.35. The summed E-state index contributed by atoms with van der Waals surface area (Å²) in [6.07, 6.45) is -2.05. The fraction of sp³-hybridized carbons (Fsp3) is 0.250. The summed E-state index contributed by atoms with van der Waals surface area (Å²) >= 11 is 0. The highest BCUT2D eigenvalue weighted by atomic mass is 19.4. The van der Waals surface area contributed by atoms with Crippen molar-refractivity contribution in [2.45, 2.75) is 32.5 Å². The van der Waals surface area contributed by atoms with E-state index < -0.39 is 17.6 Å². The predicted molar refractivity (Wildman–Crippen MR) is 115 cm³/mol. The van der Waals surface area contributed by atoms with Crippen molar-refractivity contribution in [3.05, 3.63) is 83.7 Å². The minimum atomic E-state index is -4.35. The lowest BCUT2D eigenvalue weighted by Crippen LogP contribution is -2.16. The first kappa shape index (κ1) is 22.3. The zero-order valence-electron chi connectivity index (χ0n) is 17.3. The Kier molecular flexibility index (Phi) is 6.63. The van der Waals surface area contributed by atoms with Crippen LogP contribution in [0.15, 0.2) is 66.9 Å². The molecule has 0 spiro atoms. The number of carbonyl (C=O) groups excluding carboxylic acids is 1. The third-order valence-electron chi connectivity index (χ3n) is 4.91. The lowest BCUT2D eigenvalue weighted by molar-refractivity contribution is -0.137. The fourth-order valence-electron chi connectivity index (χ4n) is 3.29. The number of rotatable bonds is 7. The zero-order chi connectivity index (χ0) is 22.6. The van der Waals surface area contributed by atoms with E-state index in [1.165, 1.54) is 18.3 Å². The Bertz CT molecular complexity index is 1010. The van der Waals surface area contributed by atoms with E-state index in [0.29, 0.717) is 17.0 Å². The molecule has 1 amide bonds. The number of aromatic nitrogens is 1. The molecule has 7 heteroatoms. The molecule has 3 N–H and O–H groups in total. The summed E-state index contributed by atoms with van der Waals surface area (Å²) in [4.78, 5) is 15.7. The summed E-state index contributed by atoms with van der Waals surface area (Å²) in [5, 5.41) is 3.46. The number of pyridine rings is 1. The van der Waals surface area contributed by atoms with E-state index in [-0.39, 0.29) is 6.04 Å². The largest absolute Gasteiger partial charge is 0.416 e. The maximum absolute atomic E-state index is 12.8. The molecule has 4 nitrogen and oxygen atoms in total. The molecule has 1 aromatic heterocycles. The van der Waals surface area contributed by atoms with Crippen LogP contribution in [-0.4, -0.2) is 10.9 Å². The molecule has 1 atom stereocenters. The van der Waals surface area contributed by atoms with Crippen LogP contribution in [0.5, 0.6) is 0 Å². The van der Waals surface area contributed by atoms with Gasteiger partial charge in [0.15, 0.2) is 0 Å². The van der Waals surface area contributed by atoms with E-state index in [1.54, 1.807) is 12.1 Å². The molecule has 31 heavy (non-hydrogen) atoms. The molecule has 0 aliphatic carbocycles. The summed E-state index contributed by atoms with van der Waals surface area (Å²) < 4.78 is 38.3. The molecule has 0 aliphatic rings. The Balaban J connectivity index is 1.77. The van der Waals surface area contributed by atoms with Crippen molar-refractivity contribution in [1.82, 2.24) is 4.98 Å². The summed E-state index contributed by atoms with van der Waals surface area (Å²) in [6.45, 7) is 4.22. The number of alkyl halides is 3. The lowest BCUT2D eigenvalue weighted by Gasteiger charge is -2.22. The highest BCUT2D eigenvalue weighted by Crippen LogP contribution is 2.32. The molecule has 0 saturated heterocycles. The average molecular weight is 427 g/mol. The van der Waals surface area contributed by atoms with E-state index in [2.05, 4.69) is 24.1 Å². The van der Waals surface area contributed by atoms with Gasteiger partial charge in [-0.25, -0.2) is 0 Å². The number of nitrogens with zero attached hydrogens (tertiary/aromatic N) is 1.